The summed E-state index contributed by atoms with van der Waals surface area (Å²) in [5.74, 6) is 1.17. The minimum Gasteiger partial charge on any atom is -0.324 e. The molecule has 0 saturated heterocycles. The van der Waals surface area contributed by atoms with Crippen LogP contribution in [0.3, 0.4) is 0 Å². The number of hydrogen-bond donors (Lipinski definition) is 1. The zero-order valence-electron chi connectivity index (χ0n) is 7.27. The van der Waals surface area contributed by atoms with Gasteiger partial charge in [0.2, 0.25) is 0 Å². The highest BCUT2D eigenvalue weighted by Crippen LogP contribution is 2.61. The minimum absolute atomic E-state index is 0.0544. The van der Waals surface area contributed by atoms with Crippen LogP contribution in [0.25, 0.3) is 0 Å². The number of fused-ring (bicyclic) bond motifs is 2. The zero-order chi connectivity index (χ0) is 8.77. The van der Waals surface area contributed by atoms with Crippen LogP contribution in [0.15, 0.2) is 0 Å². The Morgan fingerprint density at radius 2 is 2.17 bits per heavy atom. The molecule has 4 atom stereocenters. The van der Waals surface area contributed by atoms with Gasteiger partial charge in [-0.05, 0) is 31.1 Å². The van der Waals surface area contributed by atoms with Crippen LogP contribution in [-0.2, 0) is 9.09 Å². The van der Waals surface area contributed by atoms with Gasteiger partial charge in [0.05, 0.1) is 5.66 Å². The van der Waals surface area contributed by atoms with Crippen molar-refractivity contribution in [3.8, 4) is 0 Å². The van der Waals surface area contributed by atoms with E-state index >= 15 is 0 Å². The Bertz CT molecular complexity index is 228. The SMILES string of the molecule is COP(=O)(O)[C@H]1C[C@@H]2CC[C@H]1C2. The van der Waals surface area contributed by atoms with Crippen LogP contribution < -0.4 is 0 Å². The fourth-order valence-electron chi connectivity index (χ4n) is 2.75. The highest BCUT2D eigenvalue weighted by atomic mass is 31.2. The summed E-state index contributed by atoms with van der Waals surface area (Å²) < 4.78 is 16.2. The van der Waals surface area contributed by atoms with E-state index in [-0.39, 0.29) is 5.66 Å². The molecular formula is C8H15O3P. The molecule has 0 aromatic heterocycles. The van der Waals surface area contributed by atoms with Crippen molar-refractivity contribution in [1.82, 2.24) is 0 Å². The molecule has 2 rings (SSSR count). The summed E-state index contributed by atoms with van der Waals surface area (Å²) in [7, 11) is -1.92. The average Bonchev–Trinajstić information content (AvgIpc) is 2.64. The van der Waals surface area contributed by atoms with Crippen LogP contribution in [0.2, 0.25) is 0 Å². The predicted molar refractivity (Wildman–Crippen MR) is 46.1 cm³/mol. The van der Waals surface area contributed by atoms with Gasteiger partial charge in [0.15, 0.2) is 0 Å². The van der Waals surface area contributed by atoms with Crippen molar-refractivity contribution in [1.29, 1.82) is 0 Å². The van der Waals surface area contributed by atoms with Gasteiger partial charge in [-0.1, -0.05) is 6.42 Å². The largest absolute Gasteiger partial charge is 0.331 e. The summed E-state index contributed by atoms with van der Waals surface area (Å²) in [6, 6.07) is 0. The summed E-state index contributed by atoms with van der Waals surface area (Å²) in [6.45, 7) is 0. The van der Waals surface area contributed by atoms with Gasteiger partial charge >= 0.3 is 7.60 Å². The molecule has 2 saturated carbocycles. The lowest BCUT2D eigenvalue weighted by Gasteiger charge is -2.24. The summed E-state index contributed by atoms with van der Waals surface area (Å²) >= 11 is 0. The van der Waals surface area contributed by atoms with E-state index < -0.39 is 7.60 Å². The first-order valence-electron chi connectivity index (χ1n) is 4.51. The molecule has 70 valence electrons. The number of rotatable bonds is 2. The maximum Gasteiger partial charge on any atom is 0.331 e. The first-order chi connectivity index (χ1) is 5.63. The molecule has 0 amide bonds. The Morgan fingerprint density at radius 1 is 1.42 bits per heavy atom. The highest BCUT2D eigenvalue weighted by Gasteiger charge is 2.48. The predicted octanol–water partition coefficient (Wildman–Crippen LogP) is 2.01. The van der Waals surface area contributed by atoms with E-state index in [1.165, 1.54) is 13.5 Å². The molecule has 0 aromatic rings. The van der Waals surface area contributed by atoms with E-state index in [1.54, 1.807) is 0 Å². The molecule has 1 N–H and O–H groups in total. The Labute approximate surface area is 72.7 Å². The van der Waals surface area contributed by atoms with Gasteiger partial charge in [0.1, 0.15) is 0 Å². The molecule has 4 heteroatoms. The maximum absolute atomic E-state index is 11.5. The minimum atomic E-state index is -3.26. The van der Waals surface area contributed by atoms with Crippen LogP contribution in [-0.4, -0.2) is 17.7 Å². The van der Waals surface area contributed by atoms with Crippen molar-refractivity contribution in [3.05, 3.63) is 0 Å². The van der Waals surface area contributed by atoms with Crippen LogP contribution in [0.4, 0.5) is 0 Å². The lowest BCUT2D eigenvalue weighted by molar-refractivity contribution is 0.286. The van der Waals surface area contributed by atoms with Gasteiger partial charge < -0.3 is 9.42 Å². The molecule has 0 spiro atoms. The van der Waals surface area contributed by atoms with Crippen LogP contribution in [0, 0.1) is 11.8 Å². The van der Waals surface area contributed by atoms with Crippen molar-refractivity contribution >= 4 is 7.60 Å². The molecule has 0 aromatic carbocycles. The van der Waals surface area contributed by atoms with Crippen molar-refractivity contribution in [2.24, 2.45) is 11.8 Å². The van der Waals surface area contributed by atoms with E-state index in [0.29, 0.717) is 11.8 Å². The second kappa shape index (κ2) is 2.83. The molecule has 2 aliphatic rings. The zero-order valence-corrected chi connectivity index (χ0v) is 8.17. The van der Waals surface area contributed by atoms with Crippen molar-refractivity contribution in [2.75, 3.05) is 7.11 Å². The van der Waals surface area contributed by atoms with Crippen LogP contribution >= 0.6 is 7.60 Å². The topological polar surface area (TPSA) is 46.5 Å². The average molecular weight is 190 g/mol. The van der Waals surface area contributed by atoms with Gasteiger partial charge in [-0.3, -0.25) is 4.57 Å². The van der Waals surface area contributed by atoms with Gasteiger partial charge in [0, 0.05) is 7.11 Å². The molecule has 0 radical (unpaired) electrons. The first-order valence-corrected chi connectivity index (χ1v) is 6.16. The van der Waals surface area contributed by atoms with E-state index in [4.69, 9.17) is 0 Å². The number of hydrogen-bond acceptors (Lipinski definition) is 2. The summed E-state index contributed by atoms with van der Waals surface area (Å²) in [5.41, 5.74) is -0.0544. The quantitative estimate of drug-likeness (QED) is 0.677. The summed E-state index contributed by atoms with van der Waals surface area (Å²) in [6.07, 6.45) is 4.44. The third-order valence-electron chi connectivity index (χ3n) is 3.38. The Balaban J connectivity index is 2.12. The third kappa shape index (κ3) is 1.24. The van der Waals surface area contributed by atoms with Crippen molar-refractivity contribution < 1.29 is 14.0 Å². The van der Waals surface area contributed by atoms with Crippen molar-refractivity contribution in [2.45, 2.75) is 31.3 Å². The van der Waals surface area contributed by atoms with Crippen molar-refractivity contribution in [3.63, 3.8) is 0 Å². The molecule has 0 aliphatic heterocycles. The molecule has 0 heterocycles. The van der Waals surface area contributed by atoms with Gasteiger partial charge in [-0.2, -0.15) is 0 Å². The fraction of sp³-hybridized carbons (Fsp3) is 1.00. The molecule has 2 fully saturated rings. The first kappa shape index (κ1) is 8.74. The normalized spacial score (nSPS) is 44.7. The Hall–Kier alpha value is 0.150. The van der Waals surface area contributed by atoms with E-state index in [1.807, 2.05) is 0 Å². The van der Waals surface area contributed by atoms with Gasteiger partial charge in [-0.15, -0.1) is 0 Å². The second-order valence-corrected chi connectivity index (χ2v) is 6.15. The molecule has 12 heavy (non-hydrogen) atoms. The van der Waals surface area contributed by atoms with Gasteiger partial charge in [-0.25, -0.2) is 0 Å². The standard InChI is InChI=1S/C8H15O3P/c1-11-12(9,10)8-5-6-2-3-7(8)4-6/h6-8H,2-5H2,1H3,(H,9,10)/t6-,7+,8+/m1/s1. The lowest BCUT2D eigenvalue weighted by Crippen LogP contribution is -2.17. The fourth-order valence-corrected chi connectivity index (χ4v) is 4.39. The van der Waals surface area contributed by atoms with E-state index in [9.17, 15) is 9.46 Å². The smallest absolute Gasteiger partial charge is 0.324 e. The lowest BCUT2D eigenvalue weighted by atomic mass is 10.0. The summed E-state index contributed by atoms with van der Waals surface area (Å²) in [4.78, 5) is 9.48. The third-order valence-corrected chi connectivity index (χ3v) is 5.38. The second-order valence-electron chi connectivity index (χ2n) is 3.99. The van der Waals surface area contributed by atoms with E-state index in [2.05, 4.69) is 4.52 Å². The molecular weight excluding hydrogens is 175 g/mol. The molecule has 1 unspecified atom stereocenters. The Morgan fingerprint density at radius 3 is 2.58 bits per heavy atom. The monoisotopic (exact) mass is 190 g/mol. The highest BCUT2D eigenvalue weighted by molar-refractivity contribution is 7.53. The van der Waals surface area contributed by atoms with Crippen LogP contribution in [0.1, 0.15) is 25.7 Å². The molecule has 2 bridgehead atoms. The van der Waals surface area contributed by atoms with Gasteiger partial charge in [0.25, 0.3) is 0 Å². The van der Waals surface area contributed by atoms with Crippen LogP contribution in [0.5, 0.6) is 0 Å². The Kier molecular flexibility index (Phi) is 2.06. The van der Waals surface area contributed by atoms with E-state index in [0.717, 1.165) is 19.3 Å². The molecule has 2 aliphatic carbocycles. The molecule has 3 nitrogen and oxygen atoms in total. The maximum atomic E-state index is 11.5. The summed E-state index contributed by atoms with van der Waals surface area (Å²) in [5, 5.41) is 0.